The maximum atomic E-state index is 13.2. The lowest BCUT2D eigenvalue weighted by molar-refractivity contribution is -0.130. The highest BCUT2D eigenvalue weighted by atomic mass is 35.5. The molecule has 5 nitrogen and oxygen atoms in total. The van der Waals surface area contributed by atoms with Gasteiger partial charge in [0.05, 0.1) is 20.6 Å². The third-order valence-corrected chi connectivity index (χ3v) is 8.17. The lowest BCUT2D eigenvalue weighted by Crippen LogP contribution is -2.42. The second-order valence-electron chi connectivity index (χ2n) is 10.3. The Hall–Kier alpha value is -2.76. The molecule has 2 heterocycles. The van der Waals surface area contributed by atoms with Crippen molar-refractivity contribution in [2.75, 3.05) is 33.9 Å². The fourth-order valence-corrected chi connectivity index (χ4v) is 6.01. The van der Waals surface area contributed by atoms with Crippen LogP contribution in [0, 0.1) is 6.92 Å². The van der Waals surface area contributed by atoms with Crippen molar-refractivity contribution in [3.63, 3.8) is 0 Å². The minimum absolute atomic E-state index is 0. The first-order valence-corrected chi connectivity index (χ1v) is 13.3. The molecule has 3 aromatic rings. The Labute approximate surface area is 227 Å². The van der Waals surface area contributed by atoms with E-state index >= 15 is 0 Å². The minimum Gasteiger partial charge on any atom is -0.493 e. The van der Waals surface area contributed by atoms with Crippen LogP contribution in [0.1, 0.15) is 47.9 Å². The average molecular weight is 523 g/mol. The zero-order valence-corrected chi connectivity index (χ0v) is 23.1. The van der Waals surface area contributed by atoms with Crippen molar-refractivity contribution in [2.45, 2.75) is 58.0 Å². The third kappa shape index (κ3) is 5.89. The van der Waals surface area contributed by atoms with Gasteiger partial charge in [0.1, 0.15) is 0 Å². The quantitative estimate of drug-likeness (QED) is 0.384. The van der Waals surface area contributed by atoms with Crippen LogP contribution in [0.4, 0.5) is 0 Å². The van der Waals surface area contributed by atoms with Crippen molar-refractivity contribution in [1.82, 2.24) is 9.80 Å². The van der Waals surface area contributed by atoms with Gasteiger partial charge in [-0.15, -0.1) is 12.4 Å². The molecule has 0 N–H and O–H groups in total. The van der Waals surface area contributed by atoms with Crippen LogP contribution in [0.5, 0.6) is 11.5 Å². The number of carbonyl (C=O) groups excluding carboxylic acids is 1. The molecule has 0 saturated carbocycles. The number of nitrogens with zero attached hydrogens (tertiary/aromatic N) is 2. The van der Waals surface area contributed by atoms with E-state index in [1.54, 1.807) is 14.2 Å². The van der Waals surface area contributed by atoms with Gasteiger partial charge >= 0.3 is 0 Å². The Kier molecular flexibility index (Phi) is 8.99. The van der Waals surface area contributed by atoms with Crippen LogP contribution in [0.3, 0.4) is 0 Å². The molecule has 3 aromatic carbocycles. The highest BCUT2D eigenvalue weighted by molar-refractivity contribution is 5.86. The molecule has 1 fully saturated rings. The van der Waals surface area contributed by atoms with E-state index in [2.05, 4.69) is 53.1 Å². The van der Waals surface area contributed by atoms with Crippen LogP contribution in [-0.4, -0.2) is 55.6 Å². The molecule has 1 atom stereocenters. The van der Waals surface area contributed by atoms with E-state index in [0.29, 0.717) is 18.2 Å². The molecule has 0 aromatic heterocycles. The number of likely N-dealkylation sites (tertiary alicyclic amines) is 1. The summed E-state index contributed by atoms with van der Waals surface area (Å²) in [5.74, 6) is 1.64. The molecule has 6 heteroatoms. The SMILES string of the molecule is COc1cc2c(cc1OC)CC(=O)N(CCC1CCCCN1Cc1c(C)ccc3ccccc13)CC2.Cl. The lowest BCUT2D eigenvalue weighted by Gasteiger charge is -2.37. The molecule has 0 bridgehead atoms. The number of fused-ring (bicyclic) bond motifs is 2. The Bertz CT molecular complexity index is 1240. The maximum absolute atomic E-state index is 13.2. The molecule has 0 aliphatic carbocycles. The average Bonchev–Trinajstić information content (AvgIpc) is 3.06. The minimum atomic E-state index is 0. The zero-order chi connectivity index (χ0) is 25.1. The summed E-state index contributed by atoms with van der Waals surface area (Å²) in [6, 6.07) is 17.8. The summed E-state index contributed by atoms with van der Waals surface area (Å²) < 4.78 is 11.0. The molecule has 1 saturated heterocycles. The van der Waals surface area contributed by atoms with Crippen molar-refractivity contribution in [2.24, 2.45) is 0 Å². The molecule has 5 rings (SSSR count). The van der Waals surface area contributed by atoms with Crippen LogP contribution in [-0.2, 0) is 24.2 Å². The number of carbonyl (C=O) groups is 1. The van der Waals surface area contributed by atoms with Gasteiger partial charge in [0.15, 0.2) is 11.5 Å². The molecule has 2 aliphatic heterocycles. The normalized spacial score (nSPS) is 18.2. The second kappa shape index (κ2) is 12.2. The molecule has 1 unspecified atom stereocenters. The van der Waals surface area contributed by atoms with E-state index < -0.39 is 0 Å². The van der Waals surface area contributed by atoms with Crippen LogP contribution < -0.4 is 9.47 Å². The Balaban J connectivity index is 0.00000320. The summed E-state index contributed by atoms with van der Waals surface area (Å²) in [7, 11) is 3.30. The van der Waals surface area contributed by atoms with E-state index in [9.17, 15) is 4.79 Å². The number of halogens is 1. The number of hydrogen-bond acceptors (Lipinski definition) is 4. The topological polar surface area (TPSA) is 42.0 Å². The highest BCUT2D eigenvalue weighted by Gasteiger charge is 2.27. The van der Waals surface area contributed by atoms with E-state index in [4.69, 9.17) is 9.47 Å². The third-order valence-electron chi connectivity index (χ3n) is 8.17. The van der Waals surface area contributed by atoms with Crippen molar-refractivity contribution >= 4 is 29.1 Å². The van der Waals surface area contributed by atoms with Crippen molar-refractivity contribution in [3.8, 4) is 11.5 Å². The second-order valence-corrected chi connectivity index (χ2v) is 10.3. The predicted octanol–water partition coefficient (Wildman–Crippen LogP) is 5.96. The first-order chi connectivity index (χ1) is 17.6. The monoisotopic (exact) mass is 522 g/mol. The summed E-state index contributed by atoms with van der Waals surface area (Å²) in [5.41, 5.74) is 5.06. The van der Waals surface area contributed by atoms with Crippen LogP contribution in [0.2, 0.25) is 0 Å². The van der Waals surface area contributed by atoms with Crippen LogP contribution in [0.15, 0.2) is 48.5 Å². The Morgan fingerprint density at radius 2 is 1.70 bits per heavy atom. The highest BCUT2D eigenvalue weighted by Crippen LogP contribution is 2.33. The van der Waals surface area contributed by atoms with E-state index in [0.717, 1.165) is 50.3 Å². The van der Waals surface area contributed by atoms with Crippen LogP contribution in [0.25, 0.3) is 10.8 Å². The van der Waals surface area contributed by atoms with E-state index in [-0.39, 0.29) is 18.3 Å². The number of aryl methyl sites for hydroxylation is 1. The zero-order valence-electron chi connectivity index (χ0n) is 22.3. The molecule has 1 amide bonds. The summed E-state index contributed by atoms with van der Waals surface area (Å²) in [6.07, 6.45) is 6.04. The fourth-order valence-electron chi connectivity index (χ4n) is 6.01. The first kappa shape index (κ1) is 27.3. The predicted molar refractivity (Wildman–Crippen MR) is 152 cm³/mol. The number of hydrogen-bond donors (Lipinski definition) is 0. The number of ether oxygens (including phenoxy) is 2. The Morgan fingerprint density at radius 3 is 2.49 bits per heavy atom. The van der Waals surface area contributed by atoms with Gasteiger partial charge in [0.25, 0.3) is 0 Å². The van der Waals surface area contributed by atoms with Crippen molar-refractivity contribution in [1.29, 1.82) is 0 Å². The standard InChI is InChI=1S/C31H38N2O3.ClH/c1-22-11-12-23-8-4-5-10-27(23)28(22)21-33-15-7-6-9-26(33)14-17-32-16-13-24-18-29(35-2)30(36-3)19-25(24)20-31(32)34;/h4-5,8,10-12,18-19,26H,6-7,9,13-17,20-21H2,1-3H3;1H. The molecule has 2 aliphatic rings. The summed E-state index contributed by atoms with van der Waals surface area (Å²) in [4.78, 5) is 18.0. The molecule has 198 valence electrons. The first-order valence-electron chi connectivity index (χ1n) is 13.3. The number of amides is 1. The number of rotatable bonds is 7. The molecular formula is C31H39ClN2O3. The molecule has 37 heavy (non-hydrogen) atoms. The van der Waals surface area contributed by atoms with Gasteiger partial charge in [0, 0.05) is 25.7 Å². The smallest absolute Gasteiger partial charge is 0.227 e. The maximum Gasteiger partial charge on any atom is 0.227 e. The van der Waals surface area contributed by atoms with Gasteiger partial charge in [-0.25, -0.2) is 0 Å². The summed E-state index contributed by atoms with van der Waals surface area (Å²) >= 11 is 0. The van der Waals surface area contributed by atoms with E-state index in [1.807, 2.05) is 12.1 Å². The van der Waals surface area contributed by atoms with Gasteiger partial charge in [-0.05, 0) is 84.3 Å². The molecule has 0 radical (unpaired) electrons. The van der Waals surface area contributed by atoms with Gasteiger partial charge in [-0.3, -0.25) is 9.69 Å². The van der Waals surface area contributed by atoms with Crippen molar-refractivity contribution in [3.05, 3.63) is 70.8 Å². The van der Waals surface area contributed by atoms with Gasteiger partial charge in [0.2, 0.25) is 5.91 Å². The molecule has 0 spiro atoms. The number of piperidine rings is 1. The van der Waals surface area contributed by atoms with E-state index in [1.165, 1.54) is 46.7 Å². The largest absolute Gasteiger partial charge is 0.493 e. The summed E-state index contributed by atoms with van der Waals surface area (Å²) in [6.45, 7) is 5.93. The number of methoxy groups -OCH3 is 2. The lowest BCUT2D eigenvalue weighted by atomic mass is 9.95. The van der Waals surface area contributed by atoms with Gasteiger partial charge in [-0.1, -0.05) is 42.8 Å². The van der Waals surface area contributed by atoms with Gasteiger partial charge in [-0.2, -0.15) is 0 Å². The number of benzene rings is 3. The summed E-state index contributed by atoms with van der Waals surface area (Å²) in [5, 5.41) is 2.68. The Morgan fingerprint density at radius 1 is 0.946 bits per heavy atom. The van der Waals surface area contributed by atoms with Crippen LogP contribution >= 0.6 is 12.4 Å². The van der Waals surface area contributed by atoms with Crippen molar-refractivity contribution < 1.29 is 14.3 Å². The van der Waals surface area contributed by atoms with Gasteiger partial charge < -0.3 is 14.4 Å². The fraction of sp³-hybridized carbons (Fsp3) is 0.452. The molecular weight excluding hydrogens is 484 g/mol.